The fourth-order valence-corrected chi connectivity index (χ4v) is 3.53. The summed E-state index contributed by atoms with van der Waals surface area (Å²) in [5, 5.41) is 5.65. The molecule has 0 saturated carbocycles. The number of carbonyl (C=O) groups excluding carboxylic acids is 2. The van der Waals surface area contributed by atoms with Crippen LogP contribution in [0.25, 0.3) is 0 Å². The molecule has 2 amide bonds. The summed E-state index contributed by atoms with van der Waals surface area (Å²) in [5.74, 6) is -0.766. The van der Waals surface area contributed by atoms with Gasteiger partial charge in [-0.2, -0.15) is 0 Å². The molecule has 0 aliphatic heterocycles. The minimum atomic E-state index is -3.71. The summed E-state index contributed by atoms with van der Waals surface area (Å²) < 4.78 is 25.4. The Morgan fingerprint density at radius 2 is 1.67 bits per heavy atom. The van der Waals surface area contributed by atoms with Gasteiger partial charge in [0.15, 0.2) is 0 Å². The Kier molecular flexibility index (Phi) is 6.45. The molecule has 0 aromatic heterocycles. The van der Waals surface area contributed by atoms with Crippen LogP contribution in [0.5, 0.6) is 0 Å². The number of halogens is 1. The molecular weight excluding hydrogens is 390 g/mol. The Bertz CT molecular complexity index is 976. The Balaban J connectivity index is 2.23. The molecule has 2 aromatic carbocycles. The zero-order valence-corrected chi connectivity index (χ0v) is 16.7. The number of hydrogen-bond donors (Lipinski definition) is 2. The van der Waals surface area contributed by atoms with Crippen LogP contribution in [-0.2, 0) is 19.6 Å². The van der Waals surface area contributed by atoms with Crippen molar-refractivity contribution in [3.8, 4) is 0 Å². The van der Waals surface area contributed by atoms with Gasteiger partial charge in [0.25, 0.3) is 0 Å². The molecule has 27 heavy (non-hydrogen) atoms. The van der Waals surface area contributed by atoms with E-state index in [0.29, 0.717) is 27.6 Å². The zero-order chi connectivity index (χ0) is 20.2. The molecule has 2 rings (SSSR count). The van der Waals surface area contributed by atoms with Gasteiger partial charge >= 0.3 is 0 Å². The van der Waals surface area contributed by atoms with E-state index in [4.69, 9.17) is 11.6 Å². The van der Waals surface area contributed by atoms with Gasteiger partial charge < -0.3 is 10.6 Å². The number of amides is 2. The zero-order valence-electron chi connectivity index (χ0n) is 15.1. The van der Waals surface area contributed by atoms with Crippen LogP contribution in [0.4, 0.5) is 17.1 Å². The lowest BCUT2D eigenvalue weighted by Gasteiger charge is -2.24. The lowest BCUT2D eigenvalue weighted by molar-refractivity contribution is -0.115. The Labute approximate surface area is 163 Å². The van der Waals surface area contributed by atoms with E-state index >= 15 is 0 Å². The van der Waals surface area contributed by atoms with Crippen LogP contribution < -0.4 is 14.9 Å². The number of rotatable bonds is 6. The number of hydrogen-bond acceptors (Lipinski definition) is 4. The van der Waals surface area contributed by atoms with Crippen LogP contribution in [0.2, 0.25) is 5.02 Å². The average Bonchev–Trinajstić information content (AvgIpc) is 2.54. The Morgan fingerprint density at radius 1 is 1.07 bits per heavy atom. The van der Waals surface area contributed by atoms with E-state index < -0.39 is 22.5 Å². The number of sulfonamides is 1. The van der Waals surface area contributed by atoms with Gasteiger partial charge in [0.1, 0.15) is 6.54 Å². The molecule has 2 N–H and O–H groups in total. The molecule has 0 unspecified atom stereocenters. The molecule has 0 heterocycles. The third-order valence-corrected chi connectivity index (χ3v) is 5.20. The number of nitrogens with zero attached hydrogens (tertiary/aromatic N) is 1. The summed E-state index contributed by atoms with van der Waals surface area (Å²) in [4.78, 5) is 23.6. The summed E-state index contributed by atoms with van der Waals surface area (Å²) in [6.07, 6.45) is 1.03. The molecular formula is C18H20ClN3O4S. The first-order chi connectivity index (χ1) is 12.6. The first kappa shape index (κ1) is 20.7. The molecule has 7 nitrogen and oxygen atoms in total. The van der Waals surface area contributed by atoms with E-state index in [0.717, 1.165) is 10.6 Å². The quantitative estimate of drug-likeness (QED) is 0.766. The van der Waals surface area contributed by atoms with E-state index in [-0.39, 0.29) is 5.91 Å². The fourth-order valence-electron chi connectivity index (χ4n) is 2.46. The highest BCUT2D eigenvalue weighted by molar-refractivity contribution is 7.92. The summed E-state index contributed by atoms with van der Waals surface area (Å²) in [6.45, 7) is 2.65. The summed E-state index contributed by atoms with van der Waals surface area (Å²) >= 11 is 6.08. The van der Waals surface area contributed by atoms with Crippen LogP contribution in [0, 0.1) is 6.92 Å². The Hall–Kier alpha value is -2.58. The molecule has 2 aromatic rings. The second-order valence-electron chi connectivity index (χ2n) is 5.96. The average molecular weight is 410 g/mol. The topological polar surface area (TPSA) is 95.6 Å². The van der Waals surface area contributed by atoms with Crippen LogP contribution in [0.3, 0.4) is 0 Å². The smallest absolute Gasteiger partial charge is 0.245 e. The van der Waals surface area contributed by atoms with Crippen molar-refractivity contribution < 1.29 is 18.0 Å². The van der Waals surface area contributed by atoms with Gasteiger partial charge in [-0.1, -0.05) is 23.7 Å². The summed E-state index contributed by atoms with van der Waals surface area (Å²) in [5.41, 5.74) is 1.85. The van der Waals surface area contributed by atoms with Crippen molar-refractivity contribution in [2.45, 2.75) is 13.8 Å². The van der Waals surface area contributed by atoms with Gasteiger partial charge in [-0.3, -0.25) is 13.9 Å². The van der Waals surface area contributed by atoms with Crippen molar-refractivity contribution in [3.05, 3.63) is 53.1 Å². The maximum absolute atomic E-state index is 12.4. The number of benzene rings is 2. The second kappa shape index (κ2) is 8.41. The van der Waals surface area contributed by atoms with Crippen molar-refractivity contribution in [2.75, 3.05) is 27.7 Å². The molecule has 0 radical (unpaired) electrons. The van der Waals surface area contributed by atoms with Gasteiger partial charge in [0, 0.05) is 23.3 Å². The van der Waals surface area contributed by atoms with Crippen LogP contribution in [-0.4, -0.2) is 33.0 Å². The fraction of sp³-hybridized carbons (Fsp3) is 0.222. The van der Waals surface area contributed by atoms with Gasteiger partial charge in [-0.05, 0) is 42.8 Å². The van der Waals surface area contributed by atoms with Crippen molar-refractivity contribution in [1.82, 2.24) is 0 Å². The van der Waals surface area contributed by atoms with E-state index in [9.17, 15) is 18.0 Å². The van der Waals surface area contributed by atoms with E-state index in [1.165, 1.54) is 6.92 Å². The van der Waals surface area contributed by atoms with Gasteiger partial charge in [-0.25, -0.2) is 8.42 Å². The minimum Gasteiger partial charge on any atom is -0.326 e. The van der Waals surface area contributed by atoms with Crippen molar-refractivity contribution >= 4 is 50.5 Å². The monoisotopic (exact) mass is 409 g/mol. The standard InChI is InChI=1S/C18H20ClN3O4S/c1-12-16(19)8-5-9-17(12)22(27(3,25)26)11-18(24)21-15-7-4-6-14(10-15)20-13(2)23/h4-10H,11H2,1-3H3,(H,20,23)(H,21,24). The van der Waals surface area contributed by atoms with E-state index in [2.05, 4.69) is 10.6 Å². The number of nitrogens with one attached hydrogen (secondary N) is 2. The highest BCUT2D eigenvalue weighted by Gasteiger charge is 2.23. The molecule has 9 heteroatoms. The molecule has 0 fully saturated rings. The molecule has 0 atom stereocenters. The van der Waals surface area contributed by atoms with Crippen LogP contribution in [0.15, 0.2) is 42.5 Å². The molecule has 144 valence electrons. The van der Waals surface area contributed by atoms with E-state index in [1.54, 1.807) is 49.4 Å². The first-order valence-electron chi connectivity index (χ1n) is 7.98. The number of carbonyl (C=O) groups is 2. The highest BCUT2D eigenvalue weighted by Crippen LogP contribution is 2.28. The molecule has 0 bridgehead atoms. The molecule has 0 saturated heterocycles. The third-order valence-electron chi connectivity index (χ3n) is 3.66. The van der Waals surface area contributed by atoms with Gasteiger partial charge in [0.05, 0.1) is 11.9 Å². The van der Waals surface area contributed by atoms with Crippen molar-refractivity contribution in [1.29, 1.82) is 0 Å². The predicted molar refractivity (Wildman–Crippen MR) is 108 cm³/mol. The minimum absolute atomic E-state index is 0.238. The number of anilines is 3. The third kappa shape index (κ3) is 5.70. The van der Waals surface area contributed by atoms with Crippen molar-refractivity contribution in [3.63, 3.8) is 0 Å². The Morgan fingerprint density at radius 3 is 2.26 bits per heavy atom. The van der Waals surface area contributed by atoms with Crippen LogP contribution >= 0.6 is 11.6 Å². The van der Waals surface area contributed by atoms with Crippen LogP contribution in [0.1, 0.15) is 12.5 Å². The van der Waals surface area contributed by atoms with Crippen molar-refractivity contribution in [2.24, 2.45) is 0 Å². The lowest BCUT2D eigenvalue weighted by atomic mass is 10.2. The van der Waals surface area contributed by atoms with E-state index in [1.807, 2.05) is 0 Å². The summed E-state index contributed by atoms with van der Waals surface area (Å²) in [6, 6.07) is 11.4. The lowest BCUT2D eigenvalue weighted by Crippen LogP contribution is -2.37. The maximum atomic E-state index is 12.4. The second-order valence-corrected chi connectivity index (χ2v) is 8.28. The maximum Gasteiger partial charge on any atom is 0.245 e. The predicted octanol–water partition coefficient (Wildman–Crippen LogP) is 3.01. The first-order valence-corrected chi connectivity index (χ1v) is 10.2. The highest BCUT2D eigenvalue weighted by atomic mass is 35.5. The molecule has 0 spiro atoms. The van der Waals surface area contributed by atoms with Gasteiger partial charge in [0.2, 0.25) is 21.8 Å². The van der Waals surface area contributed by atoms with Gasteiger partial charge in [-0.15, -0.1) is 0 Å². The summed E-state index contributed by atoms with van der Waals surface area (Å²) in [7, 11) is -3.71. The molecule has 0 aliphatic rings. The largest absolute Gasteiger partial charge is 0.326 e. The normalized spacial score (nSPS) is 11.0. The SMILES string of the molecule is CC(=O)Nc1cccc(NC(=O)CN(c2cccc(Cl)c2C)S(C)(=O)=O)c1. The molecule has 0 aliphatic carbocycles.